The summed E-state index contributed by atoms with van der Waals surface area (Å²) >= 11 is 0. The Balaban J connectivity index is 2.10. The van der Waals surface area contributed by atoms with Gasteiger partial charge in [0, 0.05) is 34.6 Å². The van der Waals surface area contributed by atoms with Crippen LogP contribution < -0.4 is 0 Å². The molecule has 0 amide bonds. The van der Waals surface area contributed by atoms with Crippen LogP contribution in [-0.2, 0) is 4.74 Å². The Morgan fingerprint density at radius 3 is 2.35 bits per heavy atom. The van der Waals surface area contributed by atoms with E-state index < -0.39 is 10.9 Å². The van der Waals surface area contributed by atoms with Crippen LogP contribution in [0.25, 0.3) is 0 Å². The minimum atomic E-state index is -0.686. The number of aryl methyl sites for hydroxylation is 2. The number of ether oxygens (including phenoxy) is 1. The van der Waals surface area contributed by atoms with E-state index in [1.807, 2.05) is 27.7 Å². The molecule has 0 aliphatic carbocycles. The molecule has 0 N–H and O–H groups in total. The van der Waals surface area contributed by atoms with Crippen LogP contribution in [0, 0.1) is 30.9 Å². The molecule has 1 aromatic carbocycles. The minimum absolute atomic E-state index is 0.0706. The second kappa shape index (κ2) is 7.51. The van der Waals surface area contributed by atoms with E-state index in [1.165, 1.54) is 18.2 Å². The van der Waals surface area contributed by atoms with Gasteiger partial charge >= 0.3 is 5.97 Å². The van der Waals surface area contributed by atoms with Crippen LogP contribution in [0.15, 0.2) is 24.3 Å². The number of carbonyl (C=O) groups is 2. The number of hydrogen-bond acceptors (Lipinski definition) is 5. The van der Waals surface area contributed by atoms with Crippen LogP contribution in [0.3, 0.4) is 0 Å². The van der Waals surface area contributed by atoms with E-state index in [2.05, 4.69) is 4.57 Å². The Morgan fingerprint density at radius 2 is 1.85 bits per heavy atom. The molecule has 0 bridgehead atoms. The molecular weight excluding hydrogens is 336 g/mol. The summed E-state index contributed by atoms with van der Waals surface area (Å²) < 4.78 is 7.15. The number of ketones is 1. The Hall–Kier alpha value is -2.96. The number of rotatable bonds is 6. The van der Waals surface area contributed by atoms with Crippen molar-refractivity contribution in [3.8, 4) is 0 Å². The monoisotopic (exact) mass is 358 g/mol. The van der Waals surface area contributed by atoms with Crippen LogP contribution in [-0.4, -0.2) is 27.8 Å². The molecule has 0 spiro atoms. The number of nitrogens with zero attached hydrogens (tertiary/aromatic N) is 2. The zero-order valence-corrected chi connectivity index (χ0v) is 15.5. The molecule has 1 heterocycles. The Morgan fingerprint density at radius 1 is 1.19 bits per heavy atom. The van der Waals surface area contributed by atoms with E-state index in [0.29, 0.717) is 11.1 Å². The first kappa shape index (κ1) is 19.4. The van der Waals surface area contributed by atoms with Crippen molar-refractivity contribution in [2.75, 3.05) is 6.61 Å². The molecule has 2 rings (SSSR count). The molecule has 0 aliphatic heterocycles. The van der Waals surface area contributed by atoms with Gasteiger partial charge in [0.1, 0.15) is 0 Å². The summed E-state index contributed by atoms with van der Waals surface area (Å²) in [5.74, 6) is -0.967. The lowest BCUT2D eigenvalue weighted by Gasteiger charge is -2.13. The minimum Gasteiger partial charge on any atom is -0.454 e. The number of nitro groups is 1. The second-order valence-electron chi connectivity index (χ2n) is 6.51. The molecule has 7 nitrogen and oxygen atoms in total. The van der Waals surface area contributed by atoms with Gasteiger partial charge in [-0.2, -0.15) is 0 Å². The van der Waals surface area contributed by atoms with Gasteiger partial charge in [-0.1, -0.05) is 0 Å². The summed E-state index contributed by atoms with van der Waals surface area (Å²) in [7, 11) is 0. The summed E-state index contributed by atoms with van der Waals surface area (Å²) in [5, 5.41) is 10.8. The summed E-state index contributed by atoms with van der Waals surface area (Å²) in [6, 6.07) is 5.98. The van der Waals surface area contributed by atoms with Gasteiger partial charge < -0.3 is 9.30 Å². The highest BCUT2D eigenvalue weighted by Crippen LogP contribution is 2.21. The van der Waals surface area contributed by atoms with Gasteiger partial charge in [0.05, 0.1) is 10.5 Å². The van der Waals surface area contributed by atoms with Crippen LogP contribution >= 0.6 is 0 Å². The maximum Gasteiger partial charge on any atom is 0.338 e. The summed E-state index contributed by atoms with van der Waals surface area (Å²) in [6.07, 6.45) is 0. The second-order valence-corrected chi connectivity index (χ2v) is 6.51. The van der Waals surface area contributed by atoms with Crippen molar-refractivity contribution in [1.82, 2.24) is 4.57 Å². The van der Waals surface area contributed by atoms with Gasteiger partial charge in [0.15, 0.2) is 6.61 Å². The number of esters is 1. The Bertz CT molecular complexity index is 880. The van der Waals surface area contributed by atoms with Crippen molar-refractivity contribution >= 4 is 17.4 Å². The molecule has 0 fully saturated rings. The highest BCUT2D eigenvalue weighted by Gasteiger charge is 2.20. The Kier molecular flexibility index (Phi) is 5.59. The highest BCUT2D eigenvalue weighted by atomic mass is 16.6. The van der Waals surface area contributed by atoms with Crippen molar-refractivity contribution in [3.63, 3.8) is 0 Å². The fraction of sp³-hybridized carbons (Fsp3) is 0.368. The predicted molar refractivity (Wildman–Crippen MR) is 96.7 cm³/mol. The summed E-state index contributed by atoms with van der Waals surface area (Å²) in [5.41, 5.74) is 2.80. The van der Waals surface area contributed by atoms with Crippen molar-refractivity contribution in [2.24, 2.45) is 0 Å². The molecule has 2 aromatic rings. The van der Waals surface area contributed by atoms with Crippen molar-refractivity contribution in [3.05, 3.63) is 62.5 Å². The molecule has 7 heteroatoms. The van der Waals surface area contributed by atoms with Crippen molar-refractivity contribution in [2.45, 2.75) is 40.7 Å². The van der Waals surface area contributed by atoms with E-state index in [4.69, 9.17) is 4.74 Å². The number of Topliss-reactive ketones (excluding diaryl/α,β-unsaturated/α-hetero) is 1. The fourth-order valence-electron chi connectivity index (χ4n) is 3.13. The van der Waals surface area contributed by atoms with Gasteiger partial charge in [-0.25, -0.2) is 4.79 Å². The largest absolute Gasteiger partial charge is 0.454 e. The summed E-state index contributed by atoms with van der Waals surface area (Å²) in [6.45, 7) is 9.02. The molecule has 0 atom stereocenters. The van der Waals surface area contributed by atoms with Crippen LogP contribution in [0.4, 0.5) is 5.69 Å². The van der Waals surface area contributed by atoms with Crippen LogP contribution in [0.1, 0.15) is 57.6 Å². The average Bonchev–Trinajstić information content (AvgIpc) is 2.86. The lowest BCUT2D eigenvalue weighted by Crippen LogP contribution is -2.15. The average molecular weight is 358 g/mol. The summed E-state index contributed by atoms with van der Waals surface area (Å²) in [4.78, 5) is 34.9. The van der Waals surface area contributed by atoms with Gasteiger partial charge in [0.2, 0.25) is 5.78 Å². The predicted octanol–water partition coefficient (Wildman–Crippen LogP) is 3.94. The lowest BCUT2D eigenvalue weighted by molar-refractivity contribution is -0.385. The normalized spacial score (nSPS) is 10.8. The van der Waals surface area contributed by atoms with Crippen LogP contribution in [0.2, 0.25) is 0 Å². The molecule has 0 radical (unpaired) electrons. The first-order chi connectivity index (χ1) is 12.1. The molecule has 0 saturated carbocycles. The zero-order valence-electron chi connectivity index (χ0n) is 15.5. The van der Waals surface area contributed by atoms with Gasteiger partial charge in [-0.05, 0) is 52.8 Å². The number of hydrogen-bond donors (Lipinski definition) is 0. The quantitative estimate of drug-likeness (QED) is 0.337. The van der Waals surface area contributed by atoms with Gasteiger partial charge in [0.25, 0.3) is 5.69 Å². The third kappa shape index (κ3) is 3.82. The Labute approximate surface area is 151 Å². The maximum atomic E-state index is 12.4. The third-order valence-corrected chi connectivity index (χ3v) is 4.26. The smallest absolute Gasteiger partial charge is 0.338 e. The van der Waals surface area contributed by atoms with E-state index in [-0.39, 0.29) is 29.7 Å². The van der Waals surface area contributed by atoms with Gasteiger partial charge in [-0.15, -0.1) is 0 Å². The first-order valence-electron chi connectivity index (χ1n) is 8.27. The van der Waals surface area contributed by atoms with Crippen molar-refractivity contribution in [1.29, 1.82) is 0 Å². The molecule has 26 heavy (non-hydrogen) atoms. The van der Waals surface area contributed by atoms with Crippen LogP contribution in [0.5, 0.6) is 0 Å². The van der Waals surface area contributed by atoms with E-state index in [9.17, 15) is 19.7 Å². The van der Waals surface area contributed by atoms with Gasteiger partial charge in [-0.3, -0.25) is 14.9 Å². The number of aromatic nitrogens is 1. The molecule has 0 saturated heterocycles. The third-order valence-electron chi connectivity index (χ3n) is 4.26. The lowest BCUT2D eigenvalue weighted by atomic mass is 10.1. The van der Waals surface area contributed by atoms with Crippen molar-refractivity contribution < 1.29 is 19.2 Å². The first-order valence-corrected chi connectivity index (χ1v) is 8.27. The fourth-order valence-corrected chi connectivity index (χ4v) is 3.13. The van der Waals surface area contributed by atoms with E-state index >= 15 is 0 Å². The SMILES string of the molecule is Cc1cc(C(=O)OCC(=O)c2cc(C)n(C(C)C)c2C)ccc1[N+](=O)[O-]. The number of carbonyl (C=O) groups excluding carboxylic acids is 2. The molecular formula is C19H22N2O5. The molecule has 138 valence electrons. The molecule has 0 aliphatic rings. The van der Waals surface area contributed by atoms with E-state index in [1.54, 1.807) is 13.0 Å². The number of nitro benzene ring substituents is 1. The highest BCUT2D eigenvalue weighted by molar-refractivity contribution is 6.00. The standard InChI is InChI=1S/C19H22N2O5/c1-11(2)20-13(4)9-16(14(20)5)18(22)10-26-19(23)15-6-7-17(21(24)25)12(3)8-15/h6-9,11H,10H2,1-5H3. The zero-order chi connectivity index (χ0) is 19.6. The maximum absolute atomic E-state index is 12.4. The van der Waals surface area contributed by atoms with E-state index in [0.717, 1.165) is 11.4 Å². The molecule has 0 unspecified atom stereocenters. The molecule has 1 aromatic heterocycles. The topological polar surface area (TPSA) is 91.4 Å². The number of benzene rings is 1.